The number of ether oxygens (including phenoxy) is 3. The maximum atomic E-state index is 12.0. The summed E-state index contributed by atoms with van der Waals surface area (Å²) in [5.74, 6) is 2.42. The molecule has 0 bridgehead atoms. The molecule has 4 rings (SSSR count). The van der Waals surface area contributed by atoms with Crippen LogP contribution in [0.15, 0.2) is 48.5 Å². The molecule has 1 N–H and O–H groups in total. The molecule has 2 aromatic rings. The number of fused-ring (bicyclic) bond motifs is 2. The maximum Gasteiger partial charge on any atom is 0.244 e. The fraction of sp³-hybridized carbons (Fsp3) is 0.211. The van der Waals surface area contributed by atoms with Gasteiger partial charge in [0.05, 0.1) is 6.61 Å². The summed E-state index contributed by atoms with van der Waals surface area (Å²) < 4.78 is 16.2. The molecule has 0 spiro atoms. The van der Waals surface area contributed by atoms with E-state index in [2.05, 4.69) is 5.32 Å². The molecule has 0 radical (unpaired) electrons. The predicted molar refractivity (Wildman–Crippen MR) is 89.3 cm³/mol. The molecule has 5 nitrogen and oxygen atoms in total. The number of carbonyl (C=O) groups excluding carboxylic acids is 1. The van der Waals surface area contributed by atoms with E-state index in [1.165, 1.54) is 6.08 Å². The van der Waals surface area contributed by atoms with Gasteiger partial charge in [0.2, 0.25) is 12.7 Å². The molecule has 0 aromatic heterocycles. The molecule has 2 aliphatic rings. The molecule has 0 saturated carbocycles. The minimum atomic E-state index is -0.128. The van der Waals surface area contributed by atoms with Crippen LogP contribution in [0.25, 0.3) is 6.08 Å². The third-order valence-electron chi connectivity index (χ3n) is 4.15. The normalized spacial score (nSPS) is 17.6. The van der Waals surface area contributed by atoms with Crippen LogP contribution in [0.2, 0.25) is 0 Å². The van der Waals surface area contributed by atoms with Crippen LogP contribution in [-0.2, 0) is 4.79 Å². The summed E-state index contributed by atoms with van der Waals surface area (Å²) in [5, 5.41) is 2.93. The zero-order chi connectivity index (χ0) is 16.4. The molecule has 1 atom stereocenters. The third kappa shape index (κ3) is 2.93. The molecule has 2 aromatic carbocycles. The first kappa shape index (κ1) is 14.6. The van der Waals surface area contributed by atoms with Gasteiger partial charge in [-0.25, -0.2) is 0 Å². The lowest BCUT2D eigenvalue weighted by atomic mass is 10.0. The molecule has 0 fully saturated rings. The van der Waals surface area contributed by atoms with Crippen LogP contribution in [0.1, 0.15) is 17.0 Å². The van der Waals surface area contributed by atoms with Gasteiger partial charge in [-0.2, -0.15) is 0 Å². The molecule has 2 aliphatic heterocycles. The van der Waals surface area contributed by atoms with Gasteiger partial charge in [0, 0.05) is 24.1 Å². The van der Waals surface area contributed by atoms with Crippen molar-refractivity contribution in [3.8, 4) is 17.2 Å². The lowest BCUT2D eigenvalue weighted by molar-refractivity contribution is -0.116. The Bertz CT molecular complexity index is 800. The second-order valence-corrected chi connectivity index (χ2v) is 5.74. The van der Waals surface area contributed by atoms with E-state index in [-0.39, 0.29) is 18.6 Å². The molecule has 24 heavy (non-hydrogen) atoms. The number of benzene rings is 2. The Morgan fingerprint density at radius 3 is 2.92 bits per heavy atom. The summed E-state index contributed by atoms with van der Waals surface area (Å²) in [7, 11) is 0. The van der Waals surface area contributed by atoms with E-state index in [1.54, 1.807) is 6.08 Å². The molecular formula is C19H17NO4. The minimum absolute atomic E-state index is 0.128. The van der Waals surface area contributed by atoms with Gasteiger partial charge in [-0.15, -0.1) is 0 Å². The first-order valence-corrected chi connectivity index (χ1v) is 7.87. The summed E-state index contributed by atoms with van der Waals surface area (Å²) in [6.45, 7) is 1.40. The fourth-order valence-electron chi connectivity index (χ4n) is 2.87. The zero-order valence-electron chi connectivity index (χ0n) is 13.0. The highest BCUT2D eigenvalue weighted by atomic mass is 16.7. The highest BCUT2D eigenvalue weighted by Gasteiger charge is 2.23. The Balaban J connectivity index is 1.34. The second kappa shape index (κ2) is 6.28. The first-order valence-electron chi connectivity index (χ1n) is 7.87. The summed E-state index contributed by atoms with van der Waals surface area (Å²) in [5.41, 5.74) is 2.04. The largest absolute Gasteiger partial charge is 0.493 e. The Labute approximate surface area is 139 Å². The van der Waals surface area contributed by atoms with Crippen molar-refractivity contribution in [1.29, 1.82) is 0 Å². The Morgan fingerprint density at radius 1 is 1.08 bits per heavy atom. The monoisotopic (exact) mass is 323 g/mol. The smallest absolute Gasteiger partial charge is 0.244 e. The van der Waals surface area contributed by atoms with E-state index in [1.807, 2.05) is 42.5 Å². The van der Waals surface area contributed by atoms with Gasteiger partial charge in [0.15, 0.2) is 11.5 Å². The lowest BCUT2D eigenvalue weighted by Crippen LogP contribution is -2.27. The average molecular weight is 323 g/mol. The molecule has 0 saturated heterocycles. The van der Waals surface area contributed by atoms with Crippen molar-refractivity contribution in [2.75, 3.05) is 19.9 Å². The van der Waals surface area contributed by atoms with E-state index in [9.17, 15) is 4.79 Å². The van der Waals surface area contributed by atoms with Crippen LogP contribution in [0.5, 0.6) is 17.2 Å². The molecule has 1 unspecified atom stereocenters. The fourth-order valence-corrected chi connectivity index (χ4v) is 2.87. The SMILES string of the molecule is O=C(/C=C/c1ccc2c(c1)OCO2)NCC1COc2ccccc21. The molecule has 1 amide bonds. The van der Waals surface area contributed by atoms with E-state index >= 15 is 0 Å². The number of nitrogens with one attached hydrogen (secondary N) is 1. The summed E-state index contributed by atoms with van der Waals surface area (Å²) in [4.78, 5) is 12.0. The van der Waals surface area contributed by atoms with Crippen molar-refractivity contribution in [3.63, 3.8) is 0 Å². The Hall–Kier alpha value is -2.95. The summed E-state index contributed by atoms with van der Waals surface area (Å²) >= 11 is 0. The van der Waals surface area contributed by atoms with Crippen LogP contribution in [0.4, 0.5) is 0 Å². The molecule has 122 valence electrons. The summed E-state index contributed by atoms with van der Waals surface area (Å²) in [6.07, 6.45) is 3.29. The van der Waals surface area contributed by atoms with E-state index in [0.717, 1.165) is 22.6 Å². The predicted octanol–water partition coefficient (Wildman–Crippen LogP) is 2.72. The van der Waals surface area contributed by atoms with Crippen molar-refractivity contribution in [3.05, 3.63) is 59.7 Å². The quantitative estimate of drug-likeness (QED) is 0.879. The third-order valence-corrected chi connectivity index (χ3v) is 4.15. The zero-order valence-corrected chi connectivity index (χ0v) is 13.0. The topological polar surface area (TPSA) is 56.8 Å². The molecule has 2 heterocycles. The highest BCUT2D eigenvalue weighted by Crippen LogP contribution is 2.33. The van der Waals surface area contributed by atoms with E-state index < -0.39 is 0 Å². The van der Waals surface area contributed by atoms with Gasteiger partial charge in [-0.1, -0.05) is 24.3 Å². The number of amides is 1. The standard InChI is InChI=1S/C19H17NO4/c21-19(8-6-13-5-7-17-18(9-13)24-12-23-17)20-10-14-11-22-16-4-2-1-3-15(14)16/h1-9,14H,10-12H2,(H,20,21)/b8-6+. The van der Waals surface area contributed by atoms with Gasteiger partial charge >= 0.3 is 0 Å². The van der Waals surface area contributed by atoms with Crippen molar-refractivity contribution >= 4 is 12.0 Å². The van der Waals surface area contributed by atoms with Gasteiger partial charge < -0.3 is 19.5 Å². The lowest BCUT2D eigenvalue weighted by Gasteiger charge is -2.09. The molecule has 5 heteroatoms. The average Bonchev–Trinajstić information content (AvgIpc) is 3.24. The van der Waals surface area contributed by atoms with Crippen LogP contribution in [0, 0.1) is 0 Å². The van der Waals surface area contributed by atoms with Crippen molar-refractivity contribution in [2.24, 2.45) is 0 Å². The van der Waals surface area contributed by atoms with Crippen LogP contribution in [-0.4, -0.2) is 25.9 Å². The Kier molecular flexibility index (Phi) is 3.83. The van der Waals surface area contributed by atoms with E-state index in [0.29, 0.717) is 18.9 Å². The number of rotatable bonds is 4. The van der Waals surface area contributed by atoms with Crippen molar-refractivity contribution in [2.45, 2.75) is 5.92 Å². The van der Waals surface area contributed by atoms with E-state index in [4.69, 9.17) is 14.2 Å². The number of carbonyl (C=O) groups is 1. The number of hydrogen-bond acceptors (Lipinski definition) is 4. The first-order chi connectivity index (χ1) is 11.8. The highest BCUT2D eigenvalue weighted by molar-refractivity contribution is 5.91. The van der Waals surface area contributed by atoms with Crippen LogP contribution >= 0.6 is 0 Å². The molecule has 0 aliphatic carbocycles. The van der Waals surface area contributed by atoms with Crippen LogP contribution < -0.4 is 19.5 Å². The maximum absolute atomic E-state index is 12.0. The van der Waals surface area contributed by atoms with Crippen molar-refractivity contribution in [1.82, 2.24) is 5.32 Å². The minimum Gasteiger partial charge on any atom is -0.493 e. The van der Waals surface area contributed by atoms with Gasteiger partial charge in [0.1, 0.15) is 5.75 Å². The van der Waals surface area contributed by atoms with Gasteiger partial charge in [0.25, 0.3) is 0 Å². The second-order valence-electron chi connectivity index (χ2n) is 5.74. The van der Waals surface area contributed by atoms with Gasteiger partial charge in [-0.3, -0.25) is 4.79 Å². The Morgan fingerprint density at radius 2 is 1.96 bits per heavy atom. The van der Waals surface area contributed by atoms with Crippen molar-refractivity contribution < 1.29 is 19.0 Å². The number of hydrogen-bond donors (Lipinski definition) is 1. The van der Waals surface area contributed by atoms with Crippen LogP contribution in [0.3, 0.4) is 0 Å². The number of para-hydroxylation sites is 1. The summed E-state index contributed by atoms with van der Waals surface area (Å²) in [6, 6.07) is 13.5. The molecular weight excluding hydrogens is 306 g/mol. The van der Waals surface area contributed by atoms with Gasteiger partial charge in [-0.05, 0) is 29.8 Å².